The fourth-order valence-electron chi connectivity index (χ4n) is 2.20. The second-order valence-electron chi connectivity index (χ2n) is 4.66. The van der Waals surface area contributed by atoms with Crippen molar-refractivity contribution in [3.05, 3.63) is 24.3 Å². The fraction of sp³-hybridized carbons (Fsp3) is 0.600. The summed E-state index contributed by atoms with van der Waals surface area (Å²) in [4.78, 5) is 0.548. The molecule has 0 spiro atoms. The molecule has 3 nitrogen and oxygen atoms in total. The lowest BCUT2D eigenvalue weighted by Gasteiger charge is -2.27. The Labute approximate surface area is 123 Å². The van der Waals surface area contributed by atoms with Crippen LogP contribution in [0.3, 0.4) is 0 Å². The van der Waals surface area contributed by atoms with Gasteiger partial charge in [-0.05, 0) is 37.8 Å². The summed E-state index contributed by atoms with van der Waals surface area (Å²) in [5.41, 5.74) is 0. The average Bonchev–Trinajstić information content (AvgIpc) is 2.43. The highest BCUT2D eigenvalue weighted by atomic mass is 79.9. The van der Waals surface area contributed by atoms with Gasteiger partial charge in [-0.3, -0.25) is 0 Å². The minimum Gasteiger partial charge on any atom is -0.490 e. The van der Waals surface area contributed by atoms with Crippen LogP contribution in [0.5, 0.6) is 11.5 Å². The maximum absolute atomic E-state index is 5.84. The van der Waals surface area contributed by atoms with Crippen molar-refractivity contribution in [1.82, 2.24) is 0 Å². The molecule has 0 radical (unpaired) electrons. The standard InChI is InChI=1S/C15H21BrO3/c1-2-18-14-5-3-4-6-15(14)19-10-7-12-11-17-9-8-13(12)16/h3-6,12-13H,2,7-11H2,1H3. The van der Waals surface area contributed by atoms with Gasteiger partial charge < -0.3 is 14.2 Å². The third-order valence-electron chi connectivity index (χ3n) is 3.28. The van der Waals surface area contributed by atoms with Crippen LogP contribution in [0.1, 0.15) is 19.8 Å². The van der Waals surface area contributed by atoms with Gasteiger partial charge in [-0.15, -0.1) is 0 Å². The largest absolute Gasteiger partial charge is 0.490 e. The Hall–Kier alpha value is -0.740. The molecule has 0 aliphatic carbocycles. The zero-order valence-electron chi connectivity index (χ0n) is 11.3. The van der Waals surface area contributed by atoms with Crippen LogP contribution in [0.15, 0.2) is 24.3 Å². The predicted octanol–water partition coefficient (Wildman–Crippen LogP) is 3.65. The first kappa shape index (κ1) is 14.7. The molecule has 2 atom stereocenters. The van der Waals surface area contributed by atoms with Gasteiger partial charge in [-0.1, -0.05) is 28.1 Å². The highest BCUT2D eigenvalue weighted by Gasteiger charge is 2.23. The minimum atomic E-state index is 0.535. The summed E-state index contributed by atoms with van der Waals surface area (Å²) < 4.78 is 16.9. The molecule has 0 N–H and O–H groups in total. The molecule has 0 saturated carbocycles. The lowest BCUT2D eigenvalue weighted by Crippen LogP contribution is -2.29. The van der Waals surface area contributed by atoms with Crippen LogP contribution < -0.4 is 9.47 Å². The molecular formula is C15H21BrO3. The van der Waals surface area contributed by atoms with Gasteiger partial charge in [0.15, 0.2) is 11.5 Å². The topological polar surface area (TPSA) is 27.7 Å². The molecule has 1 aliphatic heterocycles. The number of hydrogen-bond donors (Lipinski definition) is 0. The van der Waals surface area contributed by atoms with Crippen molar-refractivity contribution >= 4 is 15.9 Å². The molecular weight excluding hydrogens is 308 g/mol. The minimum absolute atomic E-state index is 0.535. The Balaban J connectivity index is 1.81. The number of benzene rings is 1. The van der Waals surface area contributed by atoms with Crippen molar-refractivity contribution in [2.24, 2.45) is 5.92 Å². The van der Waals surface area contributed by atoms with Crippen molar-refractivity contribution in [2.45, 2.75) is 24.6 Å². The second kappa shape index (κ2) is 7.75. The van der Waals surface area contributed by atoms with E-state index < -0.39 is 0 Å². The Morgan fingerprint density at radius 3 is 2.68 bits per heavy atom. The predicted molar refractivity (Wildman–Crippen MR) is 79.4 cm³/mol. The first-order chi connectivity index (χ1) is 9.31. The maximum atomic E-state index is 5.84. The average molecular weight is 329 g/mol. The molecule has 1 aromatic carbocycles. The molecule has 0 bridgehead atoms. The van der Waals surface area contributed by atoms with Gasteiger partial charge in [-0.25, -0.2) is 0 Å². The van der Waals surface area contributed by atoms with Crippen molar-refractivity contribution < 1.29 is 14.2 Å². The molecule has 1 aromatic rings. The lowest BCUT2D eigenvalue weighted by atomic mass is 9.99. The third kappa shape index (κ3) is 4.39. The van der Waals surface area contributed by atoms with E-state index >= 15 is 0 Å². The van der Waals surface area contributed by atoms with Crippen LogP contribution in [0.2, 0.25) is 0 Å². The molecule has 1 fully saturated rings. The van der Waals surface area contributed by atoms with Crippen LogP contribution in [0, 0.1) is 5.92 Å². The summed E-state index contributed by atoms with van der Waals surface area (Å²) in [5.74, 6) is 2.18. The van der Waals surface area contributed by atoms with Gasteiger partial charge in [0.2, 0.25) is 0 Å². The highest BCUT2D eigenvalue weighted by Crippen LogP contribution is 2.28. The van der Waals surface area contributed by atoms with Crippen LogP contribution in [-0.4, -0.2) is 31.3 Å². The molecule has 0 aromatic heterocycles. The number of alkyl halides is 1. The van der Waals surface area contributed by atoms with Gasteiger partial charge in [0.1, 0.15) is 0 Å². The van der Waals surface area contributed by atoms with E-state index in [2.05, 4.69) is 15.9 Å². The maximum Gasteiger partial charge on any atom is 0.161 e. The van der Waals surface area contributed by atoms with E-state index in [0.717, 1.165) is 37.6 Å². The SMILES string of the molecule is CCOc1ccccc1OCCC1COCCC1Br. The highest BCUT2D eigenvalue weighted by molar-refractivity contribution is 9.09. The Bertz CT molecular complexity index is 383. The van der Waals surface area contributed by atoms with E-state index in [9.17, 15) is 0 Å². The Morgan fingerprint density at radius 2 is 2.00 bits per heavy atom. The van der Waals surface area contributed by atoms with Crippen molar-refractivity contribution in [1.29, 1.82) is 0 Å². The number of para-hydroxylation sites is 2. The van der Waals surface area contributed by atoms with Gasteiger partial charge in [-0.2, -0.15) is 0 Å². The molecule has 1 aliphatic rings. The van der Waals surface area contributed by atoms with Crippen LogP contribution in [0.4, 0.5) is 0 Å². The molecule has 4 heteroatoms. The van der Waals surface area contributed by atoms with Gasteiger partial charge >= 0.3 is 0 Å². The molecule has 106 valence electrons. The summed E-state index contributed by atoms with van der Waals surface area (Å²) in [6.45, 7) is 5.01. The van der Waals surface area contributed by atoms with Gasteiger partial charge in [0.25, 0.3) is 0 Å². The van der Waals surface area contributed by atoms with Gasteiger partial charge in [0, 0.05) is 11.4 Å². The Morgan fingerprint density at radius 1 is 1.26 bits per heavy atom. The number of ether oxygens (including phenoxy) is 3. The van der Waals surface area contributed by atoms with E-state index in [1.165, 1.54) is 0 Å². The third-order valence-corrected chi connectivity index (χ3v) is 4.48. The monoisotopic (exact) mass is 328 g/mol. The van der Waals surface area contributed by atoms with E-state index in [1.807, 2.05) is 31.2 Å². The van der Waals surface area contributed by atoms with Crippen LogP contribution in [-0.2, 0) is 4.74 Å². The zero-order chi connectivity index (χ0) is 13.5. The summed E-state index contributed by atoms with van der Waals surface area (Å²) >= 11 is 3.72. The summed E-state index contributed by atoms with van der Waals surface area (Å²) in [6, 6.07) is 7.82. The normalized spacial score (nSPS) is 23.1. The van der Waals surface area contributed by atoms with E-state index in [0.29, 0.717) is 24.0 Å². The second-order valence-corrected chi connectivity index (χ2v) is 5.83. The van der Waals surface area contributed by atoms with Crippen molar-refractivity contribution in [3.63, 3.8) is 0 Å². The fourth-order valence-corrected chi connectivity index (χ4v) is 2.80. The summed E-state index contributed by atoms with van der Waals surface area (Å²) in [6.07, 6.45) is 2.08. The summed E-state index contributed by atoms with van der Waals surface area (Å²) in [7, 11) is 0. The Kier molecular flexibility index (Phi) is 5.98. The van der Waals surface area contributed by atoms with Gasteiger partial charge in [0.05, 0.1) is 19.8 Å². The zero-order valence-corrected chi connectivity index (χ0v) is 12.9. The summed E-state index contributed by atoms with van der Waals surface area (Å²) in [5, 5.41) is 0. The van der Waals surface area contributed by atoms with Crippen LogP contribution >= 0.6 is 15.9 Å². The van der Waals surface area contributed by atoms with E-state index in [-0.39, 0.29) is 0 Å². The van der Waals surface area contributed by atoms with Crippen LogP contribution in [0.25, 0.3) is 0 Å². The number of hydrogen-bond acceptors (Lipinski definition) is 3. The van der Waals surface area contributed by atoms with E-state index in [1.54, 1.807) is 0 Å². The lowest BCUT2D eigenvalue weighted by molar-refractivity contribution is 0.0516. The quantitative estimate of drug-likeness (QED) is 0.746. The first-order valence-electron chi connectivity index (χ1n) is 6.87. The van der Waals surface area contributed by atoms with Crippen molar-refractivity contribution in [3.8, 4) is 11.5 Å². The van der Waals surface area contributed by atoms with E-state index in [4.69, 9.17) is 14.2 Å². The molecule has 2 rings (SSSR count). The van der Waals surface area contributed by atoms with Crippen molar-refractivity contribution in [2.75, 3.05) is 26.4 Å². The molecule has 1 heterocycles. The molecule has 2 unspecified atom stereocenters. The number of halogens is 1. The molecule has 19 heavy (non-hydrogen) atoms. The molecule has 0 amide bonds. The number of rotatable bonds is 6. The smallest absolute Gasteiger partial charge is 0.161 e. The first-order valence-corrected chi connectivity index (χ1v) is 7.79. The molecule has 1 saturated heterocycles.